The molecular weight excluding hydrogens is 314 g/mol. The summed E-state index contributed by atoms with van der Waals surface area (Å²) in [6.45, 7) is 0. The zero-order valence-corrected chi connectivity index (χ0v) is 11.4. The number of pyridine rings is 1. The van der Waals surface area contributed by atoms with Gasteiger partial charge in [0.25, 0.3) is 5.69 Å². The molecule has 0 aliphatic heterocycles. The van der Waals surface area contributed by atoms with E-state index in [1.807, 2.05) is 0 Å². The zero-order chi connectivity index (χ0) is 14.0. The van der Waals surface area contributed by atoms with Gasteiger partial charge in [0.05, 0.1) is 16.0 Å². The highest BCUT2D eigenvalue weighted by molar-refractivity contribution is 6.42. The predicted molar refractivity (Wildman–Crippen MR) is 72.4 cm³/mol. The number of hydrogen-bond donors (Lipinski definition) is 0. The largest absolute Gasteiger partial charge is 0.437 e. The lowest BCUT2D eigenvalue weighted by molar-refractivity contribution is -0.384. The molecule has 0 bridgehead atoms. The standard InChI is InChI=1S/C11H5Cl3N2O3/c12-8-5-9(13)11(15-10(8)14)19-7-3-1-2-6(4-7)16(17)18/h1-5H. The van der Waals surface area contributed by atoms with Crippen LogP contribution < -0.4 is 4.74 Å². The van der Waals surface area contributed by atoms with Crippen molar-refractivity contribution in [2.24, 2.45) is 0 Å². The smallest absolute Gasteiger partial charge is 0.273 e. The number of ether oxygens (including phenoxy) is 1. The van der Waals surface area contributed by atoms with Gasteiger partial charge >= 0.3 is 0 Å². The van der Waals surface area contributed by atoms with Crippen molar-refractivity contribution < 1.29 is 9.66 Å². The van der Waals surface area contributed by atoms with Crippen LogP contribution in [0.25, 0.3) is 0 Å². The molecule has 1 aromatic heterocycles. The highest BCUT2D eigenvalue weighted by Gasteiger charge is 2.12. The molecule has 8 heteroatoms. The number of hydrogen-bond acceptors (Lipinski definition) is 4. The Kier molecular flexibility index (Phi) is 4.09. The summed E-state index contributed by atoms with van der Waals surface area (Å²) < 4.78 is 5.35. The second kappa shape index (κ2) is 5.61. The third kappa shape index (κ3) is 3.26. The molecule has 0 fully saturated rings. The van der Waals surface area contributed by atoms with Crippen LogP contribution in [-0.2, 0) is 0 Å². The van der Waals surface area contributed by atoms with Gasteiger partial charge in [-0.3, -0.25) is 10.1 Å². The molecule has 0 saturated carbocycles. The molecule has 0 saturated heterocycles. The van der Waals surface area contributed by atoms with Crippen molar-refractivity contribution in [3.8, 4) is 11.6 Å². The number of benzene rings is 1. The Morgan fingerprint density at radius 2 is 1.89 bits per heavy atom. The van der Waals surface area contributed by atoms with Crippen molar-refractivity contribution in [1.29, 1.82) is 0 Å². The highest BCUT2D eigenvalue weighted by atomic mass is 35.5. The zero-order valence-electron chi connectivity index (χ0n) is 9.14. The fourth-order valence-electron chi connectivity index (χ4n) is 1.27. The average molecular weight is 320 g/mol. The molecule has 19 heavy (non-hydrogen) atoms. The van der Waals surface area contributed by atoms with E-state index in [0.29, 0.717) is 0 Å². The van der Waals surface area contributed by atoms with E-state index in [1.165, 1.54) is 30.3 Å². The third-order valence-electron chi connectivity index (χ3n) is 2.10. The molecule has 0 amide bonds. The molecule has 0 radical (unpaired) electrons. The van der Waals surface area contributed by atoms with Crippen LogP contribution in [0.4, 0.5) is 5.69 Å². The number of non-ortho nitro benzene ring substituents is 1. The summed E-state index contributed by atoms with van der Waals surface area (Å²) in [5.74, 6) is 0.249. The topological polar surface area (TPSA) is 65.3 Å². The van der Waals surface area contributed by atoms with Crippen LogP contribution in [0.15, 0.2) is 30.3 Å². The van der Waals surface area contributed by atoms with E-state index in [1.54, 1.807) is 0 Å². The third-order valence-corrected chi connectivity index (χ3v) is 3.04. The van der Waals surface area contributed by atoms with Crippen molar-refractivity contribution in [2.45, 2.75) is 0 Å². The molecule has 98 valence electrons. The van der Waals surface area contributed by atoms with Gasteiger partial charge in [-0.05, 0) is 12.1 Å². The fourth-order valence-corrected chi connectivity index (χ4v) is 1.80. The number of rotatable bonds is 3. The Bertz CT molecular complexity index is 649. The highest BCUT2D eigenvalue weighted by Crippen LogP contribution is 2.33. The Labute approximate surface area is 122 Å². The Balaban J connectivity index is 2.33. The first-order valence-electron chi connectivity index (χ1n) is 4.91. The molecule has 0 unspecified atom stereocenters. The lowest BCUT2D eigenvalue weighted by Gasteiger charge is -2.07. The molecule has 5 nitrogen and oxygen atoms in total. The Hall–Kier alpha value is -1.56. The van der Waals surface area contributed by atoms with Crippen LogP contribution in [-0.4, -0.2) is 9.91 Å². The van der Waals surface area contributed by atoms with Crippen LogP contribution in [0.1, 0.15) is 0 Å². The normalized spacial score (nSPS) is 10.3. The van der Waals surface area contributed by atoms with Gasteiger partial charge in [0, 0.05) is 6.07 Å². The molecule has 1 heterocycles. The van der Waals surface area contributed by atoms with Crippen LogP contribution >= 0.6 is 34.8 Å². The van der Waals surface area contributed by atoms with E-state index < -0.39 is 4.92 Å². The van der Waals surface area contributed by atoms with Crippen LogP contribution in [0.3, 0.4) is 0 Å². The van der Waals surface area contributed by atoms with Crippen LogP contribution in [0, 0.1) is 10.1 Å². The first-order chi connectivity index (χ1) is 8.97. The summed E-state index contributed by atoms with van der Waals surface area (Å²) in [6.07, 6.45) is 0. The second-order valence-electron chi connectivity index (χ2n) is 3.40. The van der Waals surface area contributed by atoms with Gasteiger partial charge in [-0.1, -0.05) is 40.9 Å². The van der Waals surface area contributed by atoms with Gasteiger partial charge in [-0.2, -0.15) is 4.98 Å². The van der Waals surface area contributed by atoms with Gasteiger partial charge < -0.3 is 4.74 Å². The quantitative estimate of drug-likeness (QED) is 0.465. The van der Waals surface area contributed by atoms with Gasteiger partial charge in [-0.25, -0.2) is 0 Å². The summed E-state index contributed by atoms with van der Waals surface area (Å²) in [6, 6.07) is 6.99. The number of nitro benzene ring substituents is 1. The van der Waals surface area contributed by atoms with Crippen LogP contribution in [0.2, 0.25) is 15.2 Å². The molecule has 0 aliphatic carbocycles. The van der Waals surface area contributed by atoms with Crippen LogP contribution in [0.5, 0.6) is 11.6 Å². The van der Waals surface area contributed by atoms with E-state index in [2.05, 4.69) is 4.98 Å². The molecule has 0 N–H and O–H groups in total. The summed E-state index contributed by atoms with van der Waals surface area (Å²) in [4.78, 5) is 14.0. The number of halogens is 3. The maximum Gasteiger partial charge on any atom is 0.273 e. The average Bonchev–Trinajstić information content (AvgIpc) is 2.36. The van der Waals surface area contributed by atoms with Gasteiger partial charge in [0.1, 0.15) is 10.8 Å². The fraction of sp³-hybridized carbons (Fsp3) is 0. The van der Waals surface area contributed by atoms with E-state index in [0.717, 1.165) is 0 Å². The lowest BCUT2D eigenvalue weighted by atomic mass is 10.3. The number of nitro groups is 1. The maximum absolute atomic E-state index is 10.6. The molecule has 0 aliphatic rings. The van der Waals surface area contributed by atoms with Gasteiger partial charge in [-0.15, -0.1) is 0 Å². The number of aromatic nitrogens is 1. The van der Waals surface area contributed by atoms with Gasteiger partial charge in [0.15, 0.2) is 5.15 Å². The predicted octanol–water partition coefficient (Wildman–Crippen LogP) is 4.74. The summed E-state index contributed by atoms with van der Waals surface area (Å²) in [5, 5.41) is 11.0. The second-order valence-corrected chi connectivity index (χ2v) is 4.58. The Morgan fingerprint density at radius 3 is 2.58 bits per heavy atom. The Morgan fingerprint density at radius 1 is 1.16 bits per heavy atom. The molecule has 0 spiro atoms. The first kappa shape index (κ1) is 13.9. The van der Waals surface area contributed by atoms with Crippen molar-refractivity contribution in [1.82, 2.24) is 4.98 Å². The van der Waals surface area contributed by atoms with E-state index in [-0.39, 0.29) is 32.5 Å². The minimum atomic E-state index is -0.531. The van der Waals surface area contributed by atoms with Crippen molar-refractivity contribution in [3.05, 3.63) is 55.6 Å². The minimum absolute atomic E-state index is 0.0246. The summed E-state index contributed by atoms with van der Waals surface area (Å²) >= 11 is 17.4. The molecule has 2 aromatic rings. The summed E-state index contributed by atoms with van der Waals surface area (Å²) in [7, 11) is 0. The SMILES string of the molecule is O=[N+]([O-])c1cccc(Oc2nc(Cl)c(Cl)cc2Cl)c1. The molecule has 1 aromatic carbocycles. The van der Waals surface area contributed by atoms with Crippen molar-refractivity contribution in [3.63, 3.8) is 0 Å². The minimum Gasteiger partial charge on any atom is -0.437 e. The summed E-state index contributed by atoms with van der Waals surface area (Å²) in [5.41, 5.74) is -0.103. The van der Waals surface area contributed by atoms with E-state index in [4.69, 9.17) is 39.5 Å². The van der Waals surface area contributed by atoms with Gasteiger partial charge in [0.2, 0.25) is 5.88 Å². The molecule has 0 atom stereocenters. The molecule has 2 rings (SSSR count). The monoisotopic (exact) mass is 318 g/mol. The van der Waals surface area contributed by atoms with E-state index >= 15 is 0 Å². The maximum atomic E-state index is 10.6. The lowest BCUT2D eigenvalue weighted by Crippen LogP contribution is -1.92. The van der Waals surface area contributed by atoms with Crippen molar-refractivity contribution in [2.75, 3.05) is 0 Å². The number of nitrogens with zero attached hydrogens (tertiary/aromatic N) is 2. The van der Waals surface area contributed by atoms with Crippen molar-refractivity contribution >= 4 is 40.5 Å². The van der Waals surface area contributed by atoms with E-state index in [9.17, 15) is 10.1 Å². The first-order valence-corrected chi connectivity index (χ1v) is 6.04. The molecular formula is C11H5Cl3N2O3.